The number of ether oxygens (including phenoxy) is 2. The van der Waals surface area contributed by atoms with Crippen LogP contribution in [0.2, 0.25) is 0 Å². The van der Waals surface area contributed by atoms with Gasteiger partial charge in [0, 0.05) is 18.1 Å². The first-order chi connectivity index (χ1) is 8.20. The zero-order valence-corrected chi connectivity index (χ0v) is 11.0. The summed E-state index contributed by atoms with van der Waals surface area (Å²) in [5.41, 5.74) is 1.03. The second kappa shape index (κ2) is 5.37. The summed E-state index contributed by atoms with van der Waals surface area (Å²) >= 11 is 3.46. The molecule has 0 saturated carbocycles. The van der Waals surface area contributed by atoms with Gasteiger partial charge in [0.05, 0.1) is 6.54 Å². The van der Waals surface area contributed by atoms with Crippen LogP contribution in [0.3, 0.4) is 0 Å². The van der Waals surface area contributed by atoms with Crippen LogP contribution in [0.4, 0.5) is 0 Å². The lowest BCUT2D eigenvalue weighted by Crippen LogP contribution is -2.31. The molecule has 1 aromatic rings. The number of hydrogen-bond donors (Lipinski definition) is 2. The molecular weight excluding hydrogens is 288 g/mol. The van der Waals surface area contributed by atoms with E-state index in [1.54, 1.807) is 7.05 Å². The number of fused-ring (bicyclic) bond motifs is 1. The van der Waals surface area contributed by atoms with Crippen molar-refractivity contribution in [3.05, 3.63) is 22.2 Å². The molecular formula is C11H13BrN2O3. The monoisotopic (exact) mass is 300 g/mol. The van der Waals surface area contributed by atoms with E-state index in [4.69, 9.17) is 9.47 Å². The lowest BCUT2D eigenvalue weighted by atomic mass is 10.2. The molecule has 1 aromatic carbocycles. The van der Waals surface area contributed by atoms with Crippen LogP contribution in [-0.2, 0) is 11.3 Å². The van der Waals surface area contributed by atoms with E-state index < -0.39 is 0 Å². The number of benzene rings is 1. The molecule has 0 saturated heterocycles. The molecule has 92 valence electrons. The molecule has 2 N–H and O–H groups in total. The average Bonchev–Trinajstić information content (AvgIpc) is 2.76. The van der Waals surface area contributed by atoms with Gasteiger partial charge in [-0.05, 0) is 17.7 Å². The SMILES string of the molecule is CNC(=O)CNCc1cc2c(cc1Br)OCO2. The van der Waals surface area contributed by atoms with Gasteiger partial charge in [0.2, 0.25) is 12.7 Å². The molecule has 1 amide bonds. The normalized spacial score (nSPS) is 12.6. The van der Waals surface area contributed by atoms with Gasteiger partial charge in [0.25, 0.3) is 0 Å². The Morgan fingerprint density at radius 1 is 1.41 bits per heavy atom. The molecule has 0 aliphatic carbocycles. The van der Waals surface area contributed by atoms with E-state index in [2.05, 4.69) is 26.6 Å². The summed E-state index contributed by atoms with van der Waals surface area (Å²) in [6, 6.07) is 3.78. The summed E-state index contributed by atoms with van der Waals surface area (Å²) in [7, 11) is 1.61. The second-order valence-corrected chi connectivity index (χ2v) is 4.43. The van der Waals surface area contributed by atoms with Gasteiger partial charge in [0.15, 0.2) is 11.5 Å². The van der Waals surface area contributed by atoms with Crippen molar-refractivity contribution in [3.63, 3.8) is 0 Å². The highest BCUT2D eigenvalue weighted by atomic mass is 79.9. The Morgan fingerprint density at radius 3 is 2.82 bits per heavy atom. The Bertz CT molecular complexity index is 437. The smallest absolute Gasteiger partial charge is 0.233 e. The van der Waals surface area contributed by atoms with Crippen LogP contribution in [0.15, 0.2) is 16.6 Å². The van der Waals surface area contributed by atoms with Crippen molar-refractivity contribution in [2.45, 2.75) is 6.54 Å². The number of likely N-dealkylation sites (N-methyl/N-ethyl adjacent to an activating group) is 1. The highest BCUT2D eigenvalue weighted by Crippen LogP contribution is 2.36. The minimum absolute atomic E-state index is 0.0399. The number of carbonyl (C=O) groups is 1. The van der Waals surface area contributed by atoms with Crippen molar-refractivity contribution in [3.8, 4) is 11.5 Å². The molecule has 0 radical (unpaired) electrons. The first kappa shape index (κ1) is 12.2. The summed E-state index contributed by atoms with van der Waals surface area (Å²) < 4.78 is 11.5. The molecule has 6 heteroatoms. The fourth-order valence-electron chi connectivity index (χ4n) is 1.49. The third kappa shape index (κ3) is 2.89. The minimum atomic E-state index is -0.0399. The maximum Gasteiger partial charge on any atom is 0.233 e. The summed E-state index contributed by atoms with van der Waals surface area (Å²) in [4.78, 5) is 11.0. The molecule has 17 heavy (non-hydrogen) atoms. The Balaban J connectivity index is 1.99. The van der Waals surface area contributed by atoms with Crippen LogP contribution in [0.25, 0.3) is 0 Å². The topological polar surface area (TPSA) is 59.6 Å². The van der Waals surface area contributed by atoms with E-state index >= 15 is 0 Å². The fraction of sp³-hybridized carbons (Fsp3) is 0.364. The zero-order valence-electron chi connectivity index (χ0n) is 9.38. The second-order valence-electron chi connectivity index (χ2n) is 3.57. The first-order valence-electron chi connectivity index (χ1n) is 5.20. The third-order valence-electron chi connectivity index (χ3n) is 2.42. The van der Waals surface area contributed by atoms with Crippen molar-refractivity contribution in [2.24, 2.45) is 0 Å². The molecule has 0 aromatic heterocycles. The average molecular weight is 301 g/mol. The van der Waals surface area contributed by atoms with E-state index in [0.717, 1.165) is 21.5 Å². The summed E-state index contributed by atoms with van der Waals surface area (Å²) in [5.74, 6) is 1.44. The van der Waals surface area contributed by atoms with E-state index in [1.165, 1.54) is 0 Å². The molecule has 0 bridgehead atoms. The fourth-order valence-corrected chi connectivity index (χ4v) is 1.96. The van der Waals surface area contributed by atoms with Gasteiger partial charge in [-0.2, -0.15) is 0 Å². The van der Waals surface area contributed by atoms with Gasteiger partial charge in [0.1, 0.15) is 0 Å². The summed E-state index contributed by atoms with van der Waals surface area (Å²) in [5, 5.41) is 5.60. The van der Waals surface area contributed by atoms with Crippen molar-refractivity contribution >= 4 is 21.8 Å². The number of amides is 1. The van der Waals surface area contributed by atoms with E-state index in [9.17, 15) is 4.79 Å². The van der Waals surface area contributed by atoms with Gasteiger partial charge in [-0.15, -0.1) is 0 Å². The van der Waals surface area contributed by atoms with Crippen molar-refractivity contribution in [2.75, 3.05) is 20.4 Å². The Morgan fingerprint density at radius 2 is 2.12 bits per heavy atom. The summed E-state index contributed by atoms with van der Waals surface area (Å²) in [6.07, 6.45) is 0. The van der Waals surface area contributed by atoms with Crippen molar-refractivity contribution < 1.29 is 14.3 Å². The first-order valence-corrected chi connectivity index (χ1v) is 5.99. The lowest BCUT2D eigenvalue weighted by molar-refractivity contribution is -0.119. The van der Waals surface area contributed by atoms with Crippen LogP contribution in [0, 0.1) is 0 Å². The largest absolute Gasteiger partial charge is 0.454 e. The maximum absolute atomic E-state index is 11.0. The van der Waals surface area contributed by atoms with Crippen molar-refractivity contribution in [1.82, 2.24) is 10.6 Å². The molecule has 1 aliphatic rings. The number of nitrogens with one attached hydrogen (secondary N) is 2. The Hall–Kier alpha value is -1.27. The Kier molecular flexibility index (Phi) is 3.86. The standard InChI is InChI=1S/C11H13BrN2O3/c1-13-11(15)5-14-4-7-2-9-10(3-8(7)12)17-6-16-9/h2-3,14H,4-6H2,1H3,(H,13,15). The van der Waals surface area contributed by atoms with Gasteiger partial charge >= 0.3 is 0 Å². The molecule has 0 spiro atoms. The maximum atomic E-state index is 11.0. The number of halogens is 1. The number of hydrogen-bond acceptors (Lipinski definition) is 4. The van der Waals surface area contributed by atoms with Gasteiger partial charge in [-0.3, -0.25) is 4.79 Å². The van der Waals surface area contributed by atoms with Gasteiger partial charge in [-0.25, -0.2) is 0 Å². The minimum Gasteiger partial charge on any atom is -0.454 e. The Labute approximate surface area is 108 Å². The molecule has 2 rings (SSSR count). The predicted octanol–water partition coefficient (Wildman–Crippen LogP) is 1.01. The predicted molar refractivity (Wildman–Crippen MR) is 66.0 cm³/mol. The quantitative estimate of drug-likeness (QED) is 0.871. The highest BCUT2D eigenvalue weighted by molar-refractivity contribution is 9.10. The molecule has 1 aliphatic heterocycles. The number of rotatable bonds is 4. The van der Waals surface area contributed by atoms with Crippen LogP contribution in [0.5, 0.6) is 11.5 Å². The van der Waals surface area contributed by atoms with Crippen LogP contribution >= 0.6 is 15.9 Å². The van der Waals surface area contributed by atoms with Gasteiger partial charge in [-0.1, -0.05) is 15.9 Å². The molecule has 5 nitrogen and oxygen atoms in total. The van der Waals surface area contributed by atoms with Crippen molar-refractivity contribution in [1.29, 1.82) is 0 Å². The number of carbonyl (C=O) groups excluding carboxylic acids is 1. The van der Waals surface area contributed by atoms with Gasteiger partial charge < -0.3 is 20.1 Å². The highest BCUT2D eigenvalue weighted by Gasteiger charge is 2.16. The van der Waals surface area contributed by atoms with E-state index in [1.807, 2.05) is 12.1 Å². The van der Waals surface area contributed by atoms with E-state index in [-0.39, 0.29) is 19.2 Å². The van der Waals surface area contributed by atoms with Crippen LogP contribution in [-0.4, -0.2) is 26.3 Å². The molecule has 0 atom stereocenters. The van der Waals surface area contributed by atoms with Crippen LogP contribution < -0.4 is 20.1 Å². The molecule has 0 unspecified atom stereocenters. The van der Waals surface area contributed by atoms with E-state index in [0.29, 0.717) is 6.54 Å². The molecule has 0 fully saturated rings. The molecule has 1 heterocycles. The summed E-state index contributed by atoms with van der Waals surface area (Å²) in [6.45, 7) is 1.14. The van der Waals surface area contributed by atoms with Crippen LogP contribution in [0.1, 0.15) is 5.56 Å². The lowest BCUT2D eigenvalue weighted by Gasteiger charge is -2.07. The zero-order chi connectivity index (χ0) is 12.3. The third-order valence-corrected chi connectivity index (χ3v) is 3.16.